The molecule has 0 spiro atoms. The fraction of sp³-hybridized carbons (Fsp3) is 0.0500. The van der Waals surface area contributed by atoms with Gasteiger partial charge in [0, 0.05) is 16.7 Å². The minimum absolute atomic E-state index is 0.0111. The fourth-order valence-corrected chi connectivity index (χ4v) is 4.26. The second-order valence-corrected chi connectivity index (χ2v) is 7.09. The van der Waals surface area contributed by atoms with Crippen molar-refractivity contribution in [2.24, 2.45) is 0 Å². The summed E-state index contributed by atoms with van der Waals surface area (Å²) in [5.41, 5.74) is 4.28. The highest BCUT2D eigenvalue weighted by Crippen LogP contribution is 2.40. The van der Waals surface area contributed by atoms with Crippen LogP contribution in [0.1, 0.15) is 21.5 Å². The van der Waals surface area contributed by atoms with Gasteiger partial charge in [0.05, 0.1) is 20.6 Å². The lowest BCUT2D eigenvalue weighted by Gasteiger charge is -2.05. The van der Waals surface area contributed by atoms with Crippen LogP contribution in [0.4, 0.5) is 0 Å². The summed E-state index contributed by atoms with van der Waals surface area (Å²) in [6, 6.07) is 20.7. The Kier molecular flexibility index (Phi) is 3.24. The summed E-state index contributed by atoms with van der Waals surface area (Å²) in [7, 11) is -1.15. The summed E-state index contributed by atoms with van der Waals surface area (Å²) in [5, 5.41) is 0. The van der Waals surface area contributed by atoms with Crippen LogP contribution < -0.4 is 0 Å². The first kappa shape index (κ1) is 14.1. The summed E-state index contributed by atoms with van der Waals surface area (Å²) in [4.78, 5) is 14.3. The molecule has 0 bridgehead atoms. The molecule has 112 valence electrons. The van der Waals surface area contributed by atoms with E-state index < -0.39 is 10.8 Å². The number of hydrogen-bond acceptors (Lipinski definition) is 2. The van der Waals surface area contributed by atoms with Crippen molar-refractivity contribution in [2.45, 2.75) is 16.7 Å². The van der Waals surface area contributed by atoms with Gasteiger partial charge in [0.15, 0.2) is 5.78 Å². The second kappa shape index (κ2) is 5.28. The number of rotatable bonds is 2. The van der Waals surface area contributed by atoms with E-state index in [1.54, 1.807) is 6.07 Å². The van der Waals surface area contributed by atoms with E-state index in [1.807, 2.05) is 67.6 Å². The molecule has 0 aromatic heterocycles. The first-order valence-electron chi connectivity index (χ1n) is 7.42. The Balaban J connectivity index is 1.81. The average Bonchev–Trinajstić information content (AvgIpc) is 2.88. The predicted octanol–water partition coefficient (Wildman–Crippen LogP) is 4.37. The average molecular weight is 318 g/mol. The van der Waals surface area contributed by atoms with Gasteiger partial charge in [-0.05, 0) is 36.8 Å². The molecule has 3 aromatic carbocycles. The van der Waals surface area contributed by atoms with Crippen LogP contribution in [0, 0.1) is 6.92 Å². The first-order valence-corrected chi connectivity index (χ1v) is 8.57. The summed E-state index contributed by atoms with van der Waals surface area (Å²) < 4.78 is 12.5. The maximum absolute atomic E-state index is 12.7. The minimum Gasteiger partial charge on any atom is -0.289 e. The van der Waals surface area contributed by atoms with Crippen molar-refractivity contribution < 1.29 is 9.00 Å². The van der Waals surface area contributed by atoms with Crippen LogP contribution >= 0.6 is 0 Å². The van der Waals surface area contributed by atoms with E-state index >= 15 is 0 Å². The van der Waals surface area contributed by atoms with Crippen LogP contribution in [0.25, 0.3) is 11.1 Å². The zero-order valence-corrected chi connectivity index (χ0v) is 13.4. The molecule has 0 radical (unpaired) electrons. The lowest BCUT2D eigenvalue weighted by atomic mass is 9.98. The standard InChI is InChI=1S/C20H14O2S/c1-13-6-8-14(9-7-13)20(21)15-10-11-19-17(12-15)16-4-2-3-5-18(16)23(19)22/h2-12H,1H3. The van der Waals surface area contributed by atoms with Gasteiger partial charge in [-0.1, -0.05) is 48.0 Å². The van der Waals surface area contributed by atoms with Gasteiger partial charge in [-0.15, -0.1) is 0 Å². The minimum atomic E-state index is -1.15. The van der Waals surface area contributed by atoms with Crippen LogP contribution in [-0.4, -0.2) is 9.99 Å². The lowest BCUT2D eigenvalue weighted by Crippen LogP contribution is -2.01. The summed E-state index contributed by atoms with van der Waals surface area (Å²) in [6.45, 7) is 2.00. The van der Waals surface area contributed by atoms with Gasteiger partial charge in [0.2, 0.25) is 0 Å². The molecule has 23 heavy (non-hydrogen) atoms. The van der Waals surface area contributed by atoms with Crippen LogP contribution in [0.2, 0.25) is 0 Å². The van der Waals surface area contributed by atoms with Crippen LogP contribution in [0.5, 0.6) is 0 Å². The molecule has 0 N–H and O–H groups in total. The predicted molar refractivity (Wildman–Crippen MR) is 91.2 cm³/mol. The first-order chi connectivity index (χ1) is 11.1. The monoisotopic (exact) mass is 318 g/mol. The Morgan fingerprint density at radius 3 is 2.22 bits per heavy atom. The van der Waals surface area contributed by atoms with E-state index in [-0.39, 0.29) is 5.78 Å². The van der Waals surface area contributed by atoms with Gasteiger partial charge in [-0.2, -0.15) is 0 Å². The zero-order chi connectivity index (χ0) is 16.0. The number of ketones is 1. The summed E-state index contributed by atoms with van der Waals surface area (Å²) >= 11 is 0. The largest absolute Gasteiger partial charge is 0.289 e. The van der Waals surface area contributed by atoms with E-state index in [0.717, 1.165) is 26.5 Å². The number of aryl methyl sites for hydroxylation is 1. The van der Waals surface area contributed by atoms with Crippen LogP contribution in [0.15, 0.2) is 76.5 Å². The molecule has 1 aliphatic rings. The number of hydrogen-bond donors (Lipinski definition) is 0. The number of carbonyl (C=O) groups excluding carboxylic acids is 1. The van der Waals surface area contributed by atoms with Gasteiger partial charge in [-0.25, -0.2) is 4.21 Å². The van der Waals surface area contributed by atoms with Crippen molar-refractivity contribution in [3.05, 3.63) is 83.4 Å². The molecule has 3 heteroatoms. The molecular formula is C20H14O2S. The van der Waals surface area contributed by atoms with E-state index in [9.17, 15) is 9.00 Å². The van der Waals surface area contributed by atoms with Gasteiger partial charge < -0.3 is 0 Å². The zero-order valence-electron chi connectivity index (χ0n) is 12.6. The lowest BCUT2D eigenvalue weighted by molar-refractivity contribution is 0.103. The Morgan fingerprint density at radius 1 is 0.783 bits per heavy atom. The maximum Gasteiger partial charge on any atom is 0.193 e. The molecule has 0 fully saturated rings. The molecular weight excluding hydrogens is 304 g/mol. The molecule has 2 nitrogen and oxygen atoms in total. The SMILES string of the molecule is Cc1ccc(C(=O)c2ccc3c(c2)-c2ccccc2S3=O)cc1. The van der Waals surface area contributed by atoms with Gasteiger partial charge in [-0.3, -0.25) is 4.79 Å². The quantitative estimate of drug-likeness (QED) is 0.514. The molecule has 1 unspecified atom stereocenters. The molecule has 4 rings (SSSR count). The van der Waals surface area contributed by atoms with Gasteiger partial charge in [0.25, 0.3) is 0 Å². The number of fused-ring (bicyclic) bond motifs is 3. The molecule has 1 heterocycles. The maximum atomic E-state index is 12.7. The van der Waals surface area contributed by atoms with Gasteiger partial charge >= 0.3 is 0 Å². The van der Waals surface area contributed by atoms with Crippen molar-refractivity contribution in [3.63, 3.8) is 0 Å². The Morgan fingerprint density at radius 2 is 1.43 bits per heavy atom. The highest BCUT2D eigenvalue weighted by atomic mass is 32.2. The molecule has 0 saturated heterocycles. The summed E-state index contributed by atoms with van der Waals surface area (Å²) in [6.07, 6.45) is 0. The fourth-order valence-electron chi connectivity index (χ4n) is 2.88. The van der Waals surface area contributed by atoms with Crippen molar-refractivity contribution in [1.29, 1.82) is 0 Å². The molecule has 1 atom stereocenters. The van der Waals surface area contributed by atoms with Crippen molar-refractivity contribution in [2.75, 3.05) is 0 Å². The smallest absolute Gasteiger partial charge is 0.193 e. The topological polar surface area (TPSA) is 34.1 Å². The van der Waals surface area contributed by atoms with Crippen molar-refractivity contribution >= 4 is 16.6 Å². The second-order valence-electron chi connectivity index (χ2n) is 5.67. The molecule has 0 amide bonds. The normalized spacial score (nSPS) is 15.1. The Labute approximate surface area is 137 Å². The third-order valence-corrected chi connectivity index (χ3v) is 5.64. The van der Waals surface area contributed by atoms with E-state index in [0.29, 0.717) is 11.1 Å². The van der Waals surface area contributed by atoms with Crippen LogP contribution in [0.3, 0.4) is 0 Å². The van der Waals surface area contributed by atoms with E-state index in [2.05, 4.69) is 0 Å². The third-order valence-electron chi connectivity index (χ3n) is 4.13. The molecule has 0 saturated carbocycles. The summed E-state index contributed by atoms with van der Waals surface area (Å²) in [5.74, 6) is -0.0111. The van der Waals surface area contributed by atoms with Crippen LogP contribution in [-0.2, 0) is 10.8 Å². The molecule has 3 aromatic rings. The van der Waals surface area contributed by atoms with Crippen molar-refractivity contribution in [3.8, 4) is 11.1 Å². The highest BCUT2D eigenvalue weighted by molar-refractivity contribution is 7.85. The Bertz CT molecular complexity index is 956. The van der Waals surface area contributed by atoms with E-state index in [4.69, 9.17) is 0 Å². The number of benzene rings is 3. The van der Waals surface area contributed by atoms with Crippen molar-refractivity contribution in [1.82, 2.24) is 0 Å². The molecule has 0 aliphatic carbocycles. The Hall–Kier alpha value is -2.52. The molecule has 1 aliphatic heterocycles. The highest BCUT2D eigenvalue weighted by Gasteiger charge is 2.26. The van der Waals surface area contributed by atoms with E-state index in [1.165, 1.54) is 0 Å². The third kappa shape index (κ3) is 2.25. The van der Waals surface area contributed by atoms with Gasteiger partial charge in [0.1, 0.15) is 0 Å². The number of carbonyl (C=O) groups is 1.